The van der Waals surface area contributed by atoms with Gasteiger partial charge in [0, 0.05) is 13.1 Å². The summed E-state index contributed by atoms with van der Waals surface area (Å²) in [5, 5.41) is 3.59. The molecule has 1 atom stereocenters. The van der Waals surface area contributed by atoms with E-state index in [4.69, 9.17) is 0 Å². The zero-order valence-corrected chi connectivity index (χ0v) is 12.6. The number of nitrogens with one attached hydrogen (secondary N) is 1. The summed E-state index contributed by atoms with van der Waals surface area (Å²) in [5.74, 6) is 0.520. The number of aryl methyl sites for hydroxylation is 2. The number of rotatable bonds is 3. The molecule has 1 N–H and O–H groups in total. The molecule has 2 heterocycles. The van der Waals surface area contributed by atoms with E-state index in [1.165, 1.54) is 35.1 Å². The molecule has 0 saturated heterocycles. The van der Waals surface area contributed by atoms with Gasteiger partial charge < -0.3 is 9.88 Å². The van der Waals surface area contributed by atoms with Crippen molar-refractivity contribution in [3.8, 4) is 0 Å². The summed E-state index contributed by atoms with van der Waals surface area (Å²) in [6, 6.07) is 0.197. The van der Waals surface area contributed by atoms with E-state index in [2.05, 4.69) is 10.3 Å². The Kier molecular flexibility index (Phi) is 3.12. The number of hydrogen-bond acceptors (Lipinski definition) is 4. The van der Waals surface area contributed by atoms with Crippen molar-refractivity contribution in [2.24, 2.45) is 13.0 Å². The molecule has 0 bridgehead atoms. The fraction of sp³-hybridized carbons (Fsp3) is 0.500. The number of amides is 1. The Balaban J connectivity index is 1.99. The van der Waals surface area contributed by atoms with Crippen LogP contribution in [0, 0.1) is 12.8 Å². The summed E-state index contributed by atoms with van der Waals surface area (Å²) >= 11 is 1.29. The van der Waals surface area contributed by atoms with Crippen LogP contribution in [0.15, 0.2) is 11.1 Å². The van der Waals surface area contributed by atoms with Crippen LogP contribution in [-0.2, 0) is 7.05 Å². The van der Waals surface area contributed by atoms with Crippen LogP contribution in [0.4, 0.5) is 0 Å². The Morgan fingerprint density at radius 3 is 2.90 bits per heavy atom. The minimum absolute atomic E-state index is 0.0908. The Bertz CT molecular complexity index is 743. The Morgan fingerprint density at radius 2 is 2.25 bits per heavy atom. The third-order valence-electron chi connectivity index (χ3n) is 3.90. The van der Waals surface area contributed by atoms with Crippen LogP contribution in [0.25, 0.3) is 10.2 Å². The van der Waals surface area contributed by atoms with E-state index in [0.717, 1.165) is 5.56 Å². The molecule has 1 fully saturated rings. The van der Waals surface area contributed by atoms with E-state index in [1.54, 1.807) is 7.05 Å². The van der Waals surface area contributed by atoms with E-state index >= 15 is 0 Å². The Labute approximate surface area is 120 Å². The van der Waals surface area contributed by atoms with Gasteiger partial charge in [-0.3, -0.25) is 9.59 Å². The topological polar surface area (TPSA) is 64.0 Å². The fourth-order valence-corrected chi connectivity index (χ4v) is 3.45. The lowest BCUT2D eigenvalue weighted by atomic mass is 10.2. The SMILES string of the molecule is Cc1c(C(=O)NC(C)C2CC2)sc2ncn(C)c(=O)c12. The first-order valence-electron chi connectivity index (χ1n) is 6.74. The van der Waals surface area contributed by atoms with Crippen molar-refractivity contribution < 1.29 is 4.79 Å². The van der Waals surface area contributed by atoms with Gasteiger partial charge in [-0.15, -0.1) is 11.3 Å². The van der Waals surface area contributed by atoms with Crippen LogP contribution in [-0.4, -0.2) is 21.5 Å². The van der Waals surface area contributed by atoms with Crippen LogP contribution < -0.4 is 10.9 Å². The molecule has 106 valence electrons. The second kappa shape index (κ2) is 4.70. The fourth-order valence-electron chi connectivity index (χ4n) is 2.41. The van der Waals surface area contributed by atoms with Gasteiger partial charge in [-0.05, 0) is 38.2 Å². The zero-order chi connectivity index (χ0) is 14.4. The average Bonchev–Trinajstić information content (AvgIpc) is 3.19. The van der Waals surface area contributed by atoms with Gasteiger partial charge >= 0.3 is 0 Å². The standard InChI is InChI=1S/C14H17N3O2S/c1-7-10-13(15-6-17(3)14(10)19)20-11(7)12(18)16-8(2)9-4-5-9/h6,8-9H,4-5H2,1-3H3,(H,16,18). The largest absolute Gasteiger partial charge is 0.349 e. The highest BCUT2D eigenvalue weighted by molar-refractivity contribution is 7.20. The number of aromatic nitrogens is 2. The van der Waals surface area contributed by atoms with Crippen molar-refractivity contribution in [1.82, 2.24) is 14.9 Å². The molecule has 20 heavy (non-hydrogen) atoms. The van der Waals surface area contributed by atoms with Crippen LogP contribution in [0.3, 0.4) is 0 Å². The summed E-state index contributed by atoms with van der Waals surface area (Å²) in [7, 11) is 1.67. The summed E-state index contributed by atoms with van der Waals surface area (Å²) in [6.07, 6.45) is 3.87. The number of fused-ring (bicyclic) bond motifs is 1. The molecule has 0 aliphatic heterocycles. The molecule has 0 radical (unpaired) electrons. The molecular formula is C14H17N3O2S. The first-order valence-corrected chi connectivity index (χ1v) is 7.56. The highest BCUT2D eigenvalue weighted by Crippen LogP contribution is 2.33. The number of thiophene rings is 1. The van der Waals surface area contributed by atoms with Crippen molar-refractivity contribution in [3.63, 3.8) is 0 Å². The summed E-state index contributed by atoms with van der Waals surface area (Å²) < 4.78 is 1.44. The minimum Gasteiger partial charge on any atom is -0.349 e. The van der Waals surface area contributed by atoms with Crippen molar-refractivity contribution >= 4 is 27.5 Å². The van der Waals surface area contributed by atoms with E-state index in [0.29, 0.717) is 21.0 Å². The third kappa shape index (κ3) is 2.14. The molecule has 1 aliphatic rings. The normalized spacial score (nSPS) is 16.4. The molecule has 3 rings (SSSR count). The quantitative estimate of drug-likeness (QED) is 0.938. The number of hydrogen-bond donors (Lipinski definition) is 1. The summed E-state index contributed by atoms with van der Waals surface area (Å²) in [5.41, 5.74) is 0.636. The molecule has 1 unspecified atom stereocenters. The number of carbonyl (C=O) groups excluding carboxylic acids is 1. The van der Waals surface area contributed by atoms with Crippen molar-refractivity contribution in [2.45, 2.75) is 32.7 Å². The van der Waals surface area contributed by atoms with E-state index in [1.807, 2.05) is 13.8 Å². The lowest BCUT2D eigenvalue weighted by Crippen LogP contribution is -2.33. The van der Waals surface area contributed by atoms with Crippen LogP contribution >= 0.6 is 11.3 Å². The third-order valence-corrected chi connectivity index (χ3v) is 5.10. The van der Waals surface area contributed by atoms with Crippen LogP contribution in [0.2, 0.25) is 0 Å². The van der Waals surface area contributed by atoms with Crippen LogP contribution in [0.5, 0.6) is 0 Å². The predicted molar refractivity (Wildman–Crippen MR) is 79.3 cm³/mol. The van der Waals surface area contributed by atoms with Gasteiger partial charge in [-0.25, -0.2) is 4.98 Å². The smallest absolute Gasteiger partial charge is 0.262 e. The maximum Gasteiger partial charge on any atom is 0.262 e. The Morgan fingerprint density at radius 1 is 1.55 bits per heavy atom. The first kappa shape index (κ1) is 13.3. The lowest BCUT2D eigenvalue weighted by Gasteiger charge is -2.11. The molecule has 2 aromatic rings. The van der Waals surface area contributed by atoms with E-state index < -0.39 is 0 Å². The number of nitrogens with zero attached hydrogens (tertiary/aromatic N) is 2. The van der Waals surface area contributed by atoms with Crippen molar-refractivity contribution in [2.75, 3.05) is 0 Å². The minimum atomic E-state index is -0.0990. The highest BCUT2D eigenvalue weighted by Gasteiger charge is 2.30. The van der Waals surface area contributed by atoms with Crippen LogP contribution in [0.1, 0.15) is 35.0 Å². The van der Waals surface area contributed by atoms with Crippen molar-refractivity contribution in [3.05, 3.63) is 27.1 Å². The van der Waals surface area contributed by atoms with Gasteiger partial charge in [-0.2, -0.15) is 0 Å². The van der Waals surface area contributed by atoms with Gasteiger partial charge in [0.1, 0.15) is 4.83 Å². The lowest BCUT2D eigenvalue weighted by molar-refractivity contribution is 0.0939. The zero-order valence-electron chi connectivity index (χ0n) is 11.8. The molecule has 1 aliphatic carbocycles. The van der Waals surface area contributed by atoms with E-state index in [-0.39, 0.29) is 17.5 Å². The first-order chi connectivity index (χ1) is 9.49. The molecule has 5 nitrogen and oxygen atoms in total. The molecule has 1 saturated carbocycles. The molecule has 0 aromatic carbocycles. The molecule has 6 heteroatoms. The molecule has 2 aromatic heterocycles. The van der Waals surface area contributed by atoms with Gasteiger partial charge in [0.05, 0.1) is 16.6 Å². The molecular weight excluding hydrogens is 274 g/mol. The van der Waals surface area contributed by atoms with Gasteiger partial charge in [0.25, 0.3) is 11.5 Å². The van der Waals surface area contributed by atoms with Gasteiger partial charge in [0.15, 0.2) is 0 Å². The average molecular weight is 291 g/mol. The van der Waals surface area contributed by atoms with Crippen molar-refractivity contribution in [1.29, 1.82) is 0 Å². The molecule has 0 spiro atoms. The van der Waals surface area contributed by atoms with Gasteiger partial charge in [0.2, 0.25) is 0 Å². The second-order valence-corrected chi connectivity index (χ2v) is 6.50. The second-order valence-electron chi connectivity index (χ2n) is 5.50. The number of carbonyl (C=O) groups is 1. The summed E-state index contributed by atoms with van der Waals surface area (Å²) in [6.45, 7) is 3.86. The van der Waals surface area contributed by atoms with E-state index in [9.17, 15) is 9.59 Å². The predicted octanol–water partition coefficient (Wildman–Crippen LogP) is 1.83. The molecule has 1 amide bonds. The highest BCUT2D eigenvalue weighted by atomic mass is 32.1. The maximum absolute atomic E-state index is 12.3. The van der Waals surface area contributed by atoms with Gasteiger partial charge in [-0.1, -0.05) is 0 Å². The summed E-state index contributed by atoms with van der Waals surface area (Å²) in [4.78, 5) is 29.9. The monoisotopic (exact) mass is 291 g/mol. The Hall–Kier alpha value is -1.69. The maximum atomic E-state index is 12.3.